The highest BCUT2D eigenvalue weighted by atomic mass is 16.5. The van der Waals surface area contributed by atoms with Gasteiger partial charge in [-0.2, -0.15) is 0 Å². The molecule has 0 radical (unpaired) electrons. The van der Waals surface area contributed by atoms with E-state index in [1.54, 1.807) is 26.4 Å². The molecule has 0 aromatic heterocycles. The number of nitrogens with two attached hydrogens (primary N) is 1. The Kier molecular flexibility index (Phi) is 4.41. The van der Waals surface area contributed by atoms with Gasteiger partial charge in [-0.1, -0.05) is 0 Å². The maximum Gasteiger partial charge on any atom is 0.329 e. The standard InChI is InChI=1S/C10H15N3O3/c1-15-8-4-3-7(9(5-8)16-2)6-12-10(14)13-11/h3-5H,6,11H2,1-2H3,(H2,12,13,14). The van der Waals surface area contributed by atoms with Crippen LogP contribution in [0.3, 0.4) is 0 Å². The van der Waals surface area contributed by atoms with E-state index in [9.17, 15) is 4.79 Å². The highest BCUT2D eigenvalue weighted by Crippen LogP contribution is 2.24. The molecule has 0 bridgehead atoms. The lowest BCUT2D eigenvalue weighted by Gasteiger charge is -2.10. The van der Waals surface area contributed by atoms with E-state index in [-0.39, 0.29) is 0 Å². The van der Waals surface area contributed by atoms with E-state index in [0.717, 1.165) is 5.56 Å². The lowest BCUT2D eigenvalue weighted by molar-refractivity contribution is 0.240. The van der Waals surface area contributed by atoms with Crippen LogP contribution in [-0.4, -0.2) is 20.3 Å². The molecule has 0 saturated heterocycles. The van der Waals surface area contributed by atoms with Gasteiger partial charge in [0.25, 0.3) is 0 Å². The van der Waals surface area contributed by atoms with Crippen molar-refractivity contribution in [3.8, 4) is 11.5 Å². The summed E-state index contributed by atoms with van der Waals surface area (Å²) in [7, 11) is 3.13. The molecule has 16 heavy (non-hydrogen) atoms. The van der Waals surface area contributed by atoms with Gasteiger partial charge in [-0.25, -0.2) is 10.6 Å². The molecule has 0 unspecified atom stereocenters. The molecular weight excluding hydrogens is 210 g/mol. The molecule has 0 aliphatic carbocycles. The van der Waals surface area contributed by atoms with Crippen LogP contribution in [0, 0.1) is 0 Å². The van der Waals surface area contributed by atoms with Gasteiger partial charge in [-0.05, 0) is 12.1 Å². The van der Waals surface area contributed by atoms with Crippen molar-refractivity contribution in [3.05, 3.63) is 23.8 Å². The first-order valence-corrected chi connectivity index (χ1v) is 4.66. The normalized spacial score (nSPS) is 9.44. The van der Waals surface area contributed by atoms with Crippen LogP contribution in [0.5, 0.6) is 11.5 Å². The van der Waals surface area contributed by atoms with Crippen molar-refractivity contribution in [3.63, 3.8) is 0 Å². The summed E-state index contributed by atoms with van der Waals surface area (Å²) in [5.74, 6) is 6.29. The molecule has 0 aliphatic heterocycles. The van der Waals surface area contributed by atoms with Crippen LogP contribution in [0.25, 0.3) is 0 Å². The number of hydrogen-bond donors (Lipinski definition) is 3. The summed E-state index contributed by atoms with van der Waals surface area (Å²) in [4.78, 5) is 10.9. The minimum atomic E-state index is -0.446. The van der Waals surface area contributed by atoms with Crippen molar-refractivity contribution < 1.29 is 14.3 Å². The minimum Gasteiger partial charge on any atom is -0.497 e. The number of urea groups is 1. The third-order valence-corrected chi connectivity index (χ3v) is 2.06. The smallest absolute Gasteiger partial charge is 0.329 e. The molecule has 0 spiro atoms. The van der Waals surface area contributed by atoms with Gasteiger partial charge in [0.1, 0.15) is 11.5 Å². The molecule has 0 atom stereocenters. The highest BCUT2D eigenvalue weighted by molar-refractivity contribution is 5.73. The first kappa shape index (κ1) is 12.1. The van der Waals surface area contributed by atoms with Gasteiger partial charge < -0.3 is 14.8 Å². The van der Waals surface area contributed by atoms with Crippen molar-refractivity contribution >= 4 is 6.03 Å². The molecule has 2 amide bonds. The Balaban J connectivity index is 2.75. The molecule has 0 saturated carbocycles. The number of carbonyl (C=O) groups excluding carboxylic acids is 1. The lowest BCUT2D eigenvalue weighted by atomic mass is 10.2. The van der Waals surface area contributed by atoms with Crippen LogP contribution in [-0.2, 0) is 6.54 Å². The van der Waals surface area contributed by atoms with Gasteiger partial charge in [-0.3, -0.25) is 5.43 Å². The maximum absolute atomic E-state index is 10.9. The van der Waals surface area contributed by atoms with Crippen molar-refractivity contribution in [2.45, 2.75) is 6.54 Å². The Labute approximate surface area is 93.7 Å². The van der Waals surface area contributed by atoms with Crippen LogP contribution < -0.4 is 26.1 Å². The van der Waals surface area contributed by atoms with Crippen LogP contribution in [0.15, 0.2) is 18.2 Å². The second kappa shape index (κ2) is 5.82. The summed E-state index contributed by atoms with van der Waals surface area (Å²) in [6, 6.07) is 4.91. The van der Waals surface area contributed by atoms with Gasteiger partial charge in [0.2, 0.25) is 0 Å². The summed E-state index contributed by atoms with van der Waals surface area (Å²) in [5, 5.41) is 2.56. The fourth-order valence-electron chi connectivity index (χ4n) is 1.22. The molecule has 88 valence electrons. The Morgan fingerprint density at radius 3 is 2.69 bits per heavy atom. The average Bonchev–Trinajstić information content (AvgIpc) is 2.35. The van der Waals surface area contributed by atoms with E-state index in [0.29, 0.717) is 18.0 Å². The zero-order valence-electron chi connectivity index (χ0n) is 9.24. The highest BCUT2D eigenvalue weighted by Gasteiger charge is 2.05. The zero-order valence-corrected chi connectivity index (χ0v) is 9.24. The molecule has 0 heterocycles. The Bertz CT molecular complexity index is 368. The predicted molar refractivity (Wildman–Crippen MR) is 59.1 cm³/mol. The molecule has 0 fully saturated rings. The first-order chi connectivity index (χ1) is 7.71. The van der Waals surface area contributed by atoms with Gasteiger partial charge in [0, 0.05) is 18.2 Å². The number of nitrogens with one attached hydrogen (secondary N) is 2. The van der Waals surface area contributed by atoms with Crippen molar-refractivity contribution in [1.82, 2.24) is 10.7 Å². The summed E-state index contributed by atoms with van der Waals surface area (Å²) < 4.78 is 10.2. The summed E-state index contributed by atoms with van der Waals surface area (Å²) >= 11 is 0. The Hall–Kier alpha value is -1.95. The third kappa shape index (κ3) is 3.03. The number of carbonyl (C=O) groups is 1. The molecule has 1 rings (SSSR count). The topological polar surface area (TPSA) is 85.6 Å². The third-order valence-electron chi connectivity index (χ3n) is 2.06. The number of amides is 2. The summed E-state index contributed by atoms with van der Waals surface area (Å²) in [5.41, 5.74) is 2.82. The molecule has 6 heteroatoms. The Morgan fingerprint density at radius 1 is 1.38 bits per heavy atom. The average molecular weight is 225 g/mol. The van der Waals surface area contributed by atoms with Crippen LogP contribution in [0.4, 0.5) is 4.79 Å². The Morgan fingerprint density at radius 2 is 2.12 bits per heavy atom. The predicted octanol–water partition coefficient (Wildman–Crippen LogP) is 0.377. The van der Waals surface area contributed by atoms with Gasteiger partial charge >= 0.3 is 6.03 Å². The summed E-state index contributed by atoms with van der Waals surface area (Å²) in [6.07, 6.45) is 0. The van der Waals surface area contributed by atoms with Crippen molar-refractivity contribution in [2.24, 2.45) is 5.84 Å². The maximum atomic E-state index is 10.9. The van der Waals surface area contributed by atoms with E-state index < -0.39 is 6.03 Å². The number of methoxy groups -OCH3 is 2. The second-order valence-electron chi connectivity index (χ2n) is 3.00. The first-order valence-electron chi connectivity index (χ1n) is 4.66. The van der Waals surface area contributed by atoms with Crippen LogP contribution in [0.2, 0.25) is 0 Å². The molecule has 1 aromatic rings. The summed E-state index contributed by atoms with van der Waals surface area (Å²) in [6.45, 7) is 0.330. The van der Waals surface area contributed by atoms with Crippen LogP contribution >= 0.6 is 0 Å². The fourth-order valence-corrected chi connectivity index (χ4v) is 1.22. The number of hydrazine groups is 1. The van der Waals surface area contributed by atoms with Crippen molar-refractivity contribution in [2.75, 3.05) is 14.2 Å². The SMILES string of the molecule is COc1ccc(CNC(=O)NN)c(OC)c1. The fraction of sp³-hybridized carbons (Fsp3) is 0.300. The van der Waals surface area contributed by atoms with E-state index in [2.05, 4.69) is 5.32 Å². The number of hydrogen-bond acceptors (Lipinski definition) is 4. The van der Waals surface area contributed by atoms with Crippen LogP contribution in [0.1, 0.15) is 5.56 Å². The molecule has 6 nitrogen and oxygen atoms in total. The second-order valence-corrected chi connectivity index (χ2v) is 3.00. The number of rotatable bonds is 4. The van der Waals surface area contributed by atoms with E-state index in [4.69, 9.17) is 15.3 Å². The van der Waals surface area contributed by atoms with Gasteiger partial charge in [-0.15, -0.1) is 0 Å². The van der Waals surface area contributed by atoms with E-state index in [1.807, 2.05) is 11.5 Å². The molecule has 4 N–H and O–H groups in total. The zero-order chi connectivity index (χ0) is 12.0. The van der Waals surface area contributed by atoms with E-state index in [1.165, 1.54) is 0 Å². The number of ether oxygens (including phenoxy) is 2. The lowest BCUT2D eigenvalue weighted by Crippen LogP contribution is -2.39. The quantitative estimate of drug-likeness (QED) is 0.393. The molecular formula is C10H15N3O3. The largest absolute Gasteiger partial charge is 0.497 e. The van der Waals surface area contributed by atoms with Gasteiger partial charge in [0.15, 0.2) is 0 Å². The van der Waals surface area contributed by atoms with Gasteiger partial charge in [0.05, 0.1) is 14.2 Å². The monoisotopic (exact) mass is 225 g/mol. The van der Waals surface area contributed by atoms with Crippen molar-refractivity contribution in [1.29, 1.82) is 0 Å². The number of benzene rings is 1. The molecule has 0 aliphatic rings. The molecule has 1 aromatic carbocycles. The minimum absolute atomic E-state index is 0.330. The van der Waals surface area contributed by atoms with E-state index >= 15 is 0 Å².